The summed E-state index contributed by atoms with van der Waals surface area (Å²) in [6.07, 6.45) is 5.57. The van der Waals surface area contributed by atoms with E-state index in [4.69, 9.17) is 4.74 Å². The van der Waals surface area contributed by atoms with E-state index in [1.165, 1.54) is 0 Å². The topological polar surface area (TPSA) is 55.0 Å². The minimum absolute atomic E-state index is 0.129. The Morgan fingerprint density at radius 2 is 2.57 bits per heavy atom. The minimum Gasteiger partial charge on any atom is -0.367 e. The number of hydrogen-bond acceptors (Lipinski definition) is 3. The smallest absolute Gasteiger partial charge is 0.169 e. The second kappa shape index (κ2) is 3.92. The van der Waals surface area contributed by atoms with Crippen molar-refractivity contribution in [1.82, 2.24) is 9.97 Å². The zero-order chi connectivity index (χ0) is 9.97. The molecule has 0 aliphatic carbocycles. The van der Waals surface area contributed by atoms with Gasteiger partial charge in [0.25, 0.3) is 0 Å². The fraction of sp³-hybridized carbons (Fsp3) is 0.600. The van der Waals surface area contributed by atoms with Gasteiger partial charge in [-0.05, 0) is 19.8 Å². The highest BCUT2D eigenvalue weighted by Gasteiger charge is 2.28. The third-order valence-corrected chi connectivity index (χ3v) is 2.49. The van der Waals surface area contributed by atoms with E-state index in [-0.39, 0.29) is 18.0 Å². The van der Waals surface area contributed by atoms with Crippen molar-refractivity contribution in [2.24, 2.45) is 0 Å². The van der Waals surface area contributed by atoms with E-state index in [2.05, 4.69) is 9.97 Å². The number of hydrogen-bond donors (Lipinski definition) is 1. The number of ether oxygens (including phenoxy) is 1. The molecule has 2 heterocycles. The number of nitrogens with one attached hydrogen (secondary N) is 1. The van der Waals surface area contributed by atoms with Crippen LogP contribution in [0.1, 0.15) is 25.6 Å². The predicted octanol–water partition coefficient (Wildman–Crippen LogP) is 1.09. The third kappa shape index (κ3) is 2.01. The first-order valence-corrected chi connectivity index (χ1v) is 4.92. The molecule has 14 heavy (non-hydrogen) atoms. The van der Waals surface area contributed by atoms with E-state index in [1.807, 2.05) is 6.92 Å². The van der Waals surface area contributed by atoms with Crippen LogP contribution in [0.2, 0.25) is 0 Å². The van der Waals surface area contributed by atoms with Gasteiger partial charge in [0.2, 0.25) is 0 Å². The Bertz CT molecular complexity index is 308. The van der Waals surface area contributed by atoms with E-state index in [1.54, 1.807) is 12.4 Å². The summed E-state index contributed by atoms with van der Waals surface area (Å²) in [6, 6.07) is 0. The van der Waals surface area contributed by atoms with Crippen LogP contribution >= 0.6 is 0 Å². The third-order valence-electron chi connectivity index (χ3n) is 2.49. The van der Waals surface area contributed by atoms with Gasteiger partial charge >= 0.3 is 0 Å². The summed E-state index contributed by atoms with van der Waals surface area (Å²) in [7, 11) is 0. The molecule has 1 N–H and O–H groups in total. The van der Waals surface area contributed by atoms with Gasteiger partial charge in [0.1, 0.15) is 11.9 Å². The monoisotopic (exact) mass is 194 g/mol. The molecule has 2 unspecified atom stereocenters. The van der Waals surface area contributed by atoms with Gasteiger partial charge in [-0.15, -0.1) is 0 Å². The Balaban J connectivity index is 1.90. The first-order valence-electron chi connectivity index (χ1n) is 4.92. The van der Waals surface area contributed by atoms with Gasteiger partial charge in [0, 0.05) is 12.4 Å². The number of ketones is 1. The van der Waals surface area contributed by atoms with E-state index >= 15 is 0 Å². The summed E-state index contributed by atoms with van der Waals surface area (Å²) in [5.41, 5.74) is 0. The van der Waals surface area contributed by atoms with Crippen LogP contribution in [0.25, 0.3) is 0 Å². The number of aromatic amines is 1. The van der Waals surface area contributed by atoms with E-state index in [0.717, 1.165) is 18.7 Å². The zero-order valence-corrected chi connectivity index (χ0v) is 8.19. The van der Waals surface area contributed by atoms with E-state index in [9.17, 15) is 4.79 Å². The summed E-state index contributed by atoms with van der Waals surface area (Å²) in [4.78, 5) is 18.6. The van der Waals surface area contributed by atoms with Gasteiger partial charge in [-0.3, -0.25) is 4.79 Å². The SMILES string of the molecule is CC1CCC(C(=O)Cc2ncc[nH]2)O1. The Kier molecular flexibility index (Phi) is 2.63. The maximum absolute atomic E-state index is 11.7. The van der Waals surface area contributed by atoms with Crippen LogP contribution in [0, 0.1) is 0 Å². The van der Waals surface area contributed by atoms with Crippen molar-refractivity contribution in [2.75, 3.05) is 0 Å². The molecule has 4 heteroatoms. The van der Waals surface area contributed by atoms with Crippen LogP contribution in [0.3, 0.4) is 0 Å². The second-order valence-electron chi connectivity index (χ2n) is 3.69. The molecule has 1 aromatic rings. The molecule has 0 aromatic carbocycles. The van der Waals surface area contributed by atoms with Crippen molar-refractivity contribution in [1.29, 1.82) is 0 Å². The van der Waals surface area contributed by atoms with Gasteiger partial charge in [0.15, 0.2) is 5.78 Å². The van der Waals surface area contributed by atoms with Gasteiger partial charge in [-0.1, -0.05) is 0 Å². The number of carbonyl (C=O) groups excluding carboxylic acids is 1. The van der Waals surface area contributed by atoms with Crippen molar-refractivity contribution in [3.8, 4) is 0 Å². The molecule has 76 valence electrons. The molecule has 2 atom stereocenters. The van der Waals surface area contributed by atoms with Crippen molar-refractivity contribution in [2.45, 2.75) is 38.4 Å². The maximum Gasteiger partial charge on any atom is 0.169 e. The molecular formula is C10H14N2O2. The summed E-state index contributed by atoms with van der Waals surface area (Å²) in [5, 5.41) is 0. The summed E-state index contributed by atoms with van der Waals surface area (Å²) in [5.74, 6) is 0.849. The molecule has 2 rings (SSSR count). The second-order valence-corrected chi connectivity index (χ2v) is 3.69. The maximum atomic E-state index is 11.7. The largest absolute Gasteiger partial charge is 0.367 e. The highest BCUT2D eigenvalue weighted by atomic mass is 16.5. The lowest BCUT2D eigenvalue weighted by molar-refractivity contribution is -0.128. The van der Waals surface area contributed by atoms with E-state index in [0.29, 0.717) is 6.42 Å². The van der Waals surface area contributed by atoms with Crippen LogP contribution in [-0.4, -0.2) is 28.0 Å². The molecule has 1 aliphatic heterocycles. The number of Topliss-reactive ketones (excluding diaryl/α,β-unsaturated/α-hetero) is 1. The number of aromatic nitrogens is 2. The van der Waals surface area contributed by atoms with Crippen LogP contribution in [-0.2, 0) is 16.0 Å². The molecule has 0 radical (unpaired) electrons. The highest BCUT2D eigenvalue weighted by Crippen LogP contribution is 2.20. The summed E-state index contributed by atoms with van der Waals surface area (Å²) in [6.45, 7) is 2.00. The Morgan fingerprint density at radius 3 is 3.14 bits per heavy atom. The first-order chi connectivity index (χ1) is 6.75. The normalized spacial score (nSPS) is 26.6. The standard InChI is InChI=1S/C10H14N2O2/c1-7-2-3-9(14-7)8(13)6-10-11-4-5-12-10/h4-5,7,9H,2-3,6H2,1H3,(H,11,12). The zero-order valence-electron chi connectivity index (χ0n) is 8.19. The summed E-state index contributed by atoms with van der Waals surface area (Å²) >= 11 is 0. The lowest BCUT2D eigenvalue weighted by atomic mass is 10.1. The number of carbonyl (C=O) groups is 1. The molecule has 0 saturated carbocycles. The van der Waals surface area contributed by atoms with Crippen LogP contribution in [0.4, 0.5) is 0 Å². The predicted molar refractivity (Wildman–Crippen MR) is 50.9 cm³/mol. The molecule has 0 spiro atoms. The van der Waals surface area contributed by atoms with Crippen LogP contribution < -0.4 is 0 Å². The lowest BCUT2D eigenvalue weighted by Crippen LogP contribution is -2.22. The van der Waals surface area contributed by atoms with Crippen molar-refractivity contribution >= 4 is 5.78 Å². The average Bonchev–Trinajstić information content (AvgIpc) is 2.75. The Labute approximate surface area is 82.7 Å². The number of rotatable bonds is 3. The summed E-state index contributed by atoms with van der Waals surface area (Å²) < 4.78 is 5.48. The number of H-pyrrole nitrogens is 1. The molecule has 1 fully saturated rings. The van der Waals surface area contributed by atoms with Crippen LogP contribution in [0.5, 0.6) is 0 Å². The van der Waals surface area contributed by atoms with Gasteiger partial charge in [-0.2, -0.15) is 0 Å². The number of nitrogens with zero attached hydrogens (tertiary/aromatic N) is 1. The lowest BCUT2D eigenvalue weighted by Gasteiger charge is -2.08. The Morgan fingerprint density at radius 1 is 1.71 bits per heavy atom. The number of imidazole rings is 1. The van der Waals surface area contributed by atoms with E-state index < -0.39 is 0 Å². The fourth-order valence-electron chi connectivity index (χ4n) is 1.71. The highest BCUT2D eigenvalue weighted by molar-refractivity contribution is 5.84. The molecule has 4 nitrogen and oxygen atoms in total. The van der Waals surface area contributed by atoms with Crippen molar-refractivity contribution in [3.05, 3.63) is 18.2 Å². The molecule has 1 saturated heterocycles. The fourth-order valence-corrected chi connectivity index (χ4v) is 1.71. The molecule has 0 amide bonds. The van der Waals surface area contributed by atoms with Crippen LogP contribution in [0.15, 0.2) is 12.4 Å². The van der Waals surface area contributed by atoms with Gasteiger partial charge in [-0.25, -0.2) is 4.98 Å². The van der Waals surface area contributed by atoms with Crippen molar-refractivity contribution in [3.63, 3.8) is 0 Å². The molecule has 1 aromatic heterocycles. The molecule has 0 bridgehead atoms. The van der Waals surface area contributed by atoms with Gasteiger partial charge in [0.05, 0.1) is 12.5 Å². The minimum atomic E-state index is -0.213. The average molecular weight is 194 g/mol. The Hall–Kier alpha value is -1.16. The molecule has 1 aliphatic rings. The molecular weight excluding hydrogens is 180 g/mol. The quantitative estimate of drug-likeness (QED) is 0.783. The van der Waals surface area contributed by atoms with Gasteiger partial charge < -0.3 is 9.72 Å². The van der Waals surface area contributed by atoms with Crippen molar-refractivity contribution < 1.29 is 9.53 Å². The first kappa shape index (κ1) is 9.40.